The standard InChI is InChI=1S/C24H25N3O3/c1-5-6-12-27(18-10-8-7-9-11-18)24(28)20-14-21(19-13-15(2)29-17(19)4)25-23-22(20)16(3)26-30-23/h7-11,13-14H,5-6,12H2,1-4H3. The zero-order valence-electron chi connectivity index (χ0n) is 17.7. The Balaban J connectivity index is 1.88. The molecule has 0 N–H and O–H groups in total. The van der Waals surface area contributed by atoms with Crippen LogP contribution in [0.25, 0.3) is 22.4 Å². The molecule has 1 aromatic carbocycles. The van der Waals surface area contributed by atoms with E-state index < -0.39 is 0 Å². The number of unbranched alkanes of at least 4 members (excludes halogenated alkanes) is 1. The fourth-order valence-corrected chi connectivity index (χ4v) is 3.70. The monoisotopic (exact) mass is 403 g/mol. The van der Waals surface area contributed by atoms with Gasteiger partial charge in [0.1, 0.15) is 11.5 Å². The molecule has 0 fully saturated rings. The summed E-state index contributed by atoms with van der Waals surface area (Å²) < 4.78 is 11.1. The van der Waals surface area contributed by atoms with Gasteiger partial charge in [-0.1, -0.05) is 36.7 Å². The summed E-state index contributed by atoms with van der Waals surface area (Å²) in [6, 6.07) is 13.5. The molecular formula is C24H25N3O3. The van der Waals surface area contributed by atoms with E-state index in [-0.39, 0.29) is 5.91 Å². The number of pyridine rings is 1. The summed E-state index contributed by atoms with van der Waals surface area (Å²) in [6.45, 7) is 8.35. The van der Waals surface area contributed by atoms with Crippen molar-refractivity contribution in [3.8, 4) is 11.3 Å². The van der Waals surface area contributed by atoms with E-state index in [1.54, 1.807) is 0 Å². The number of benzene rings is 1. The Morgan fingerprint density at radius 2 is 1.87 bits per heavy atom. The van der Waals surface area contributed by atoms with Gasteiger partial charge < -0.3 is 13.8 Å². The molecule has 0 bridgehead atoms. The summed E-state index contributed by atoms with van der Waals surface area (Å²) in [6.07, 6.45) is 1.90. The minimum atomic E-state index is -0.0903. The second-order valence-electron chi connectivity index (χ2n) is 7.48. The molecule has 0 unspecified atom stereocenters. The van der Waals surface area contributed by atoms with Crippen LogP contribution in [0.2, 0.25) is 0 Å². The number of amides is 1. The number of nitrogens with zero attached hydrogens (tertiary/aromatic N) is 3. The van der Waals surface area contributed by atoms with Crippen molar-refractivity contribution in [2.45, 2.75) is 40.5 Å². The fraction of sp³-hybridized carbons (Fsp3) is 0.292. The van der Waals surface area contributed by atoms with Crippen LogP contribution in [-0.4, -0.2) is 22.6 Å². The van der Waals surface area contributed by atoms with Gasteiger partial charge in [-0.25, -0.2) is 4.98 Å². The van der Waals surface area contributed by atoms with Crippen molar-refractivity contribution in [1.29, 1.82) is 0 Å². The molecule has 0 saturated heterocycles. The molecule has 3 heterocycles. The van der Waals surface area contributed by atoms with Crippen molar-refractivity contribution in [3.05, 3.63) is 65.2 Å². The normalized spacial score (nSPS) is 11.2. The van der Waals surface area contributed by atoms with E-state index in [1.807, 2.05) is 68.1 Å². The van der Waals surface area contributed by atoms with Crippen molar-refractivity contribution in [2.75, 3.05) is 11.4 Å². The Morgan fingerprint density at radius 3 is 2.53 bits per heavy atom. The summed E-state index contributed by atoms with van der Waals surface area (Å²) in [5.41, 5.74) is 3.89. The first-order chi connectivity index (χ1) is 14.5. The predicted molar refractivity (Wildman–Crippen MR) is 117 cm³/mol. The molecule has 4 rings (SSSR count). The molecule has 0 spiro atoms. The number of carbonyl (C=O) groups is 1. The van der Waals surface area contributed by atoms with E-state index in [1.165, 1.54) is 0 Å². The second-order valence-corrected chi connectivity index (χ2v) is 7.48. The van der Waals surface area contributed by atoms with Gasteiger partial charge in [0, 0.05) is 17.8 Å². The molecule has 30 heavy (non-hydrogen) atoms. The predicted octanol–water partition coefficient (Wildman–Crippen LogP) is 5.85. The third-order valence-corrected chi connectivity index (χ3v) is 5.21. The Bertz CT molecular complexity index is 1190. The molecule has 0 aliphatic heterocycles. The summed E-state index contributed by atoms with van der Waals surface area (Å²) in [5, 5.41) is 4.72. The number of carbonyl (C=O) groups excluding carboxylic acids is 1. The number of fused-ring (bicyclic) bond motifs is 1. The third-order valence-electron chi connectivity index (χ3n) is 5.21. The maximum Gasteiger partial charge on any atom is 0.259 e. The number of hydrogen-bond donors (Lipinski definition) is 0. The molecule has 154 valence electrons. The quantitative estimate of drug-likeness (QED) is 0.403. The summed E-state index contributed by atoms with van der Waals surface area (Å²) in [7, 11) is 0. The van der Waals surface area contributed by atoms with Crippen LogP contribution in [0.4, 0.5) is 5.69 Å². The minimum absolute atomic E-state index is 0.0903. The molecule has 0 aliphatic rings. The largest absolute Gasteiger partial charge is 0.466 e. The molecule has 0 saturated carbocycles. The number of furan rings is 1. The van der Waals surface area contributed by atoms with Crippen LogP contribution in [0.3, 0.4) is 0 Å². The average molecular weight is 403 g/mol. The second kappa shape index (κ2) is 8.14. The van der Waals surface area contributed by atoms with E-state index in [9.17, 15) is 4.79 Å². The van der Waals surface area contributed by atoms with Crippen LogP contribution in [0, 0.1) is 20.8 Å². The van der Waals surface area contributed by atoms with Crippen molar-refractivity contribution in [2.24, 2.45) is 0 Å². The fourth-order valence-electron chi connectivity index (χ4n) is 3.70. The maximum atomic E-state index is 13.8. The van der Waals surface area contributed by atoms with Gasteiger partial charge >= 0.3 is 0 Å². The molecule has 6 nitrogen and oxygen atoms in total. The highest BCUT2D eigenvalue weighted by molar-refractivity contribution is 6.14. The Kier molecular flexibility index (Phi) is 5.40. The highest BCUT2D eigenvalue weighted by Gasteiger charge is 2.25. The van der Waals surface area contributed by atoms with Gasteiger partial charge in [-0.05, 0) is 51.5 Å². The van der Waals surface area contributed by atoms with Gasteiger partial charge in [-0.2, -0.15) is 0 Å². The first-order valence-electron chi connectivity index (χ1n) is 10.2. The zero-order chi connectivity index (χ0) is 21.3. The summed E-state index contributed by atoms with van der Waals surface area (Å²) in [5.74, 6) is 1.45. The SMILES string of the molecule is CCCCN(C(=O)c1cc(-c2cc(C)oc2C)nc2onc(C)c12)c1ccccc1. The molecule has 4 aromatic rings. The zero-order valence-corrected chi connectivity index (χ0v) is 17.7. The topological polar surface area (TPSA) is 72.4 Å². The molecular weight excluding hydrogens is 378 g/mol. The Labute approximate surface area is 175 Å². The molecule has 0 atom stereocenters. The molecule has 3 aromatic heterocycles. The highest BCUT2D eigenvalue weighted by atomic mass is 16.5. The lowest BCUT2D eigenvalue weighted by Gasteiger charge is -2.23. The minimum Gasteiger partial charge on any atom is -0.466 e. The van der Waals surface area contributed by atoms with Crippen LogP contribution >= 0.6 is 0 Å². The van der Waals surface area contributed by atoms with Crippen molar-refractivity contribution >= 4 is 22.7 Å². The lowest BCUT2D eigenvalue weighted by molar-refractivity contribution is 0.0988. The first-order valence-corrected chi connectivity index (χ1v) is 10.2. The van der Waals surface area contributed by atoms with Gasteiger partial charge in [0.15, 0.2) is 0 Å². The van der Waals surface area contributed by atoms with Crippen LogP contribution in [0.15, 0.2) is 51.4 Å². The molecule has 0 aliphatic carbocycles. The van der Waals surface area contributed by atoms with E-state index >= 15 is 0 Å². The smallest absolute Gasteiger partial charge is 0.259 e. The molecule has 6 heteroatoms. The third kappa shape index (κ3) is 3.61. The van der Waals surface area contributed by atoms with Crippen molar-refractivity contribution < 1.29 is 13.7 Å². The van der Waals surface area contributed by atoms with E-state index in [4.69, 9.17) is 8.94 Å². The first kappa shape index (κ1) is 19.9. The number of aryl methyl sites for hydroxylation is 3. The number of rotatable bonds is 6. The lowest BCUT2D eigenvalue weighted by Crippen LogP contribution is -2.32. The maximum absolute atomic E-state index is 13.8. The number of para-hydroxylation sites is 1. The Hall–Kier alpha value is -3.41. The van der Waals surface area contributed by atoms with Crippen LogP contribution in [0.1, 0.15) is 47.3 Å². The van der Waals surface area contributed by atoms with Gasteiger partial charge in [-0.15, -0.1) is 0 Å². The van der Waals surface area contributed by atoms with E-state index in [2.05, 4.69) is 17.1 Å². The number of hydrogen-bond acceptors (Lipinski definition) is 5. The van der Waals surface area contributed by atoms with Crippen LogP contribution in [0.5, 0.6) is 0 Å². The summed E-state index contributed by atoms with van der Waals surface area (Å²) in [4.78, 5) is 20.2. The van der Waals surface area contributed by atoms with Gasteiger partial charge in [-0.3, -0.25) is 4.79 Å². The van der Waals surface area contributed by atoms with Gasteiger partial charge in [0.2, 0.25) is 0 Å². The molecule has 0 radical (unpaired) electrons. The van der Waals surface area contributed by atoms with Crippen LogP contribution in [-0.2, 0) is 0 Å². The highest BCUT2D eigenvalue weighted by Crippen LogP contribution is 2.32. The van der Waals surface area contributed by atoms with E-state index in [0.717, 1.165) is 35.6 Å². The summed E-state index contributed by atoms with van der Waals surface area (Å²) >= 11 is 0. The van der Waals surface area contributed by atoms with Crippen LogP contribution < -0.4 is 4.90 Å². The van der Waals surface area contributed by atoms with Gasteiger partial charge in [0.05, 0.1) is 22.3 Å². The molecule has 1 amide bonds. The van der Waals surface area contributed by atoms with Crippen molar-refractivity contribution in [1.82, 2.24) is 10.1 Å². The Morgan fingerprint density at radius 1 is 1.10 bits per heavy atom. The lowest BCUT2D eigenvalue weighted by atomic mass is 10.0. The average Bonchev–Trinajstić information content (AvgIpc) is 3.29. The van der Waals surface area contributed by atoms with Crippen molar-refractivity contribution in [3.63, 3.8) is 0 Å². The van der Waals surface area contributed by atoms with E-state index in [0.29, 0.717) is 34.6 Å². The number of anilines is 1. The van der Waals surface area contributed by atoms with Gasteiger partial charge in [0.25, 0.3) is 11.6 Å². The number of aromatic nitrogens is 2.